The Kier molecular flexibility index (Phi) is 3.67. The summed E-state index contributed by atoms with van der Waals surface area (Å²) < 4.78 is 0. The molecule has 0 radical (unpaired) electrons. The van der Waals surface area contributed by atoms with E-state index in [0.717, 1.165) is 33.8 Å². The smallest absolute Gasteiger partial charge is 0.164 e. The maximum absolute atomic E-state index is 11.9. The van der Waals surface area contributed by atoms with Gasteiger partial charge in [-0.15, -0.1) is 11.8 Å². The molecule has 0 amide bonds. The molecular weight excluding hydrogens is 232 g/mol. The Bertz CT molecular complexity index is 477. The van der Waals surface area contributed by atoms with E-state index in [-0.39, 0.29) is 11.6 Å². The number of ketones is 2. The topological polar surface area (TPSA) is 34.1 Å². The third kappa shape index (κ3) is 2.44. The summed E-state index contributed by atoms with van der Waals surface area (Å²) in [6, 6.07) is 3.79. The van der Waals surface area contributed by atoms with Crippen LogP contribution >= 0.6 is 11.8 Å². The van der Waals surface area contributed by atoms with Crippen LogP contribution in [0.1, 0.15) is 52.5 Å². The van der Waals surface area contributed by atoms with Crippen molar-refractivity contribution in [1.29, 1.82) is 0 Å². The first-order valence-electron chi connectivity index (χ1n) is 5.97. The average molecular weight is 248 g/mol. The summed E-state index contributed by atoms with van der Waals surface area (Å²) in [6.07, 6.45) is 2.05. The van der Waals surface area contributed by atoms with Crippen LogP contribution in [-0.2, 0) is 0 Å². The number of fused-ring (bicyclic) bond motifs is 1. The number of carbonyl (C=O) groups is 2. The Labute approximate surface area is 106 Å². The van der Waals surface area contributed by atoms with Crippen LogP contribution < -0.4 is 0 Å². The molecule has 0 aliphatic carbocycles. The molecule has 1 aliphatic rings. The fourth-order valence-corrected chi connectivity index (χ4v) is 3.11. The van der Waals surface area contributed by atoms with E-state index in [2.05, 4.69) is 0 Å². The number of rotatable bonds is 3. The zero-order valence-corrected chi connectivity index (χ0v) is 11.0. The van der Waals surface area contributed by atoms with E-state index < -0.39 is 0 Å². The van der Waals surface area contributed by atoms with Crippen molar-refractivity contribution >= 4 is 23.3 Å². The maximum Gasteiger partial charge on any atom is 0.164 e. The highest BCUT2D eigenvalue weighted by Gasteiger charge is 2.20. The van der Waals surface area contributed by atoms with Crippen LogP contribution in [-0.4, -0.2) is 17.3 Å². The maximum atomic E-state index is 11.9. The van der Waals surface area contributed by atoms with Crippen molar-refractivity contribution in [3.63, 3.8) is 0 Å². The summed E-state index contributed by atoms with van der Waals surface area (Å²) in [6.45, 7) is 3.92. The van der Waals surface area contributed by atoms with Gasteiger partial charge in [-0.05, 0) is 31.0 Å². The highest BCUT2D eigenvalue weighted by Crippen LogP contribution is 2.32. The fourth-order valence-electron chi connectivity index (χ4n) is 2.08. The minimum absolute atomic E-state index is 0.187. The summed E-state index contributed by atoms with van der Waals surface area (Å²) >= 11 is 1.68. The van der Waals surface area contributed by atoms with Crippen LogP contribution in [0.5, 0.6) is 0 Å². The molecule has 2 rings (SSSR count). The van der Waals surface area contributed by atoms with E-state index in [0.29, 0.717) is 12.8 Å². The molecule has 1 aromatic carbocycles. The zero-order valence-electron chi connectivity index (χ0n) is 10.2. The van der Waals surface area contributed by atoms with E-state index in [1.54, 1.807) is 11.8 Å². The van der Waals surface area contributed by atoms with Crippen LogP contribution in [0.25, 0.3) is 0 Å². The van der Waals surface area contributed by atoms with Gasteiger partial charge in [0.2, 0.25) is 0 Å². The lowest BCUT2D eigenvalue weighted by Gasteiger charge is -2.16. The molecule has 0 bridgehead atoms. The number of aryl methyl sites for hydroxylation is 1. The van der Waals surface area contributed by atoms with Crippen LogP contribution in [0.2, 0.25) is 0 Å². The number of hydrogen-bond donors (Lipinski definition) is 0. The van der Waals surface area contributed by atoms with Crippen molar-refractivity contribution in [2.75, 3.05) is 5.75 Å². The summed E-state index contributed by atoms with van der Waals surface area (Å²) in [5, 5.41) is 0. The van der Waals surface area contributed by atoms with Gasteiger partial charge in [0, 0.05) is 34.6 Å². The molecule has 1 heterocycles. The van der Waals surface area contributed by atoms with Crippen molar-refractivity contribution in [2.45, 2.75) is 38.0 Å². The fraction of sp³-hybridized carbons (Fsp3) is 0.429. The highest BCUT2D eigenvalue weighted by atomic mass is 32.2. The average Bonchev–Trinajstić information content (AvgIpc) is 2.30. The van der Waals surface area contributed by atoms with Crippen molar-refractivity contribution in [1.82, 2.24) is 0 Å². The number of carbonyl (C=O) groups excluding carboxylic acids is 2. The van der Waals surface area contributed by atoms with Gasteiger partial charge in [0.25, 0.3) is 0 Å². The molecule has 0 unspecified atom stereocenters. The van der Waals surface area contributed by atoms with Gasteiger partial charge in [0.15, 0.2) is 11.6 Å². The molecule has 0 spiro atoms. The van der Waals surface area contributed by atoms with Crippen molar-refractivity contribution in [3.8, 4) is 0 Å². The van der Waals surface area contributed by atoms with E-state index in [1.165, 1.54) is 0 Å². The third-order valence-electron chi connectivity index (χ3n) is 2.99. The molecule has 3 heteroatoms. The molecule has 17 heavy (non-hydrogen) atoms. The molecule has 0 saturated heterocycles. The van der Waals surface area contributed by atoms with Crippen LogP contribution in [0.4, 0.5) is 0 Å². The van der Waals surface area contributed by atoms with Gasteiger partial charge in [0.05, 0.1) is 0 Å². The summed E-state index contributed by atoms with van der Waals surface area (Å²) in [7, 11) is 0. The lowest BCUT2D eigenvalue weighted by molar-refractivity contribution is 0.0969. The molecular formula is C14H16O2S. The molecule has 90 valence electrons. The second-order valence-electron chi connectivity index (χ2n) is 4.36. The molecule has 1 aliphatic heterocycles. The van der Waals surface area contributed by atoms with Gasteiger partial charge in [-0.2, -0.15) is 0 Å². The Hall–Kier alpha value is -1.09. The summed E-state index contributed by atoms with van der Waals surface area (Å²) in [5.74, 6) is 1.22. The third-order valence-corrected chi connectivity index (χ3v) is 4.05. The Balaban J connectivity index is 2.43. The molecule has 1 aromatic rings. The van der Waals surface area contributed by atoms with Crippen molar-refractivity contribution in [3.05, 3.63) is 28.8 Å². The molecule has 2 nitrogen and oxygen atoms in total. The number of benzene rings is 1. The molecule has 0 N–H and O–H groups in total. The van der Waals surface area contributed by atoms with Crippen LogP contribution in [0, 0.1) is 6.92 Å². The van der Waals surface area contributed by atoms with E-state index >= 15 is 0 Å². The van der Waals surface area contributed by atoms with Gasteiger partial charge in [-0.1, -0.05) is 6.92 Å². The highest BCUT2D eigenvalue weighted by molar-refractivity contribution is 7.99. The monoisotopic (exact) mass is 248 g/mol. The molecule has 0 atom stereocenters. The van der Waals surface area contributed by atoms with Crippen molar-refractivity contribution in [2.24, 2.45) is 0 Å². The minimum atomic E-state index is 0.187. The van der Waals surface area contributed by atoms with Gasteiger partial charge in [-0.25, -0.2) is 0 Å². The lowest BCUT2D eigenvalue weighted by Crippen LogP contribution is -2.11. The van der Waals surface area contributed by atoms with Gasteiger partial charge < -0.3 is 0 Å². The normalized spacial score (nSPS) is 14.6. The quantitative estimate of drug-likeness (QED) is 0.766. The first kappa shape index (κ1) is 12.4. The first-order valence-corrected chi connectivity index (χ1v) is 6.96. The number of thioether (sulfide) groups is 1. The Morgan fingerprint density at radius 1 is 1.41 bits per heavy atom. The zero-order chi connectivity index (χ0) is 12.4. The summed E-state index contributed by atoms with van der Waals surface area (Å²) in [5.41, 5.74) is 2.51. The van der Waals surface area contributed by atoms with Crippen LogP contribution in [0.3, 0.4) is 0 Å². The SMILES string of the molecule is CCCC(=O)c1cc2c(cc1C)C(=O)CCS2. The van der Waals surface area contributed by atoms with E-state index in [4.69, 9.17) is 0 Å². The predicted molar refractivity (Wildman–Crippen MR) is 70.1 cm³/mol. The van der Waals surface area contributed by atoms with Crippen molar-refractivity contribution < 1.29 is 9.59 Å². The number of Topliss-reactive ketones (excluding diaryl/α,β-unsaturated/α-hetero) is 2. The summed E-state index contributed by atoms with van der Waals surface area (Å²) in [4.78, 5) is 24.7. The predicted octanol–water partition coefficient (Wildman–Crippen LogP) is 3.66. The largest absolute Gasteiger partial charge is 0.294 e. The number of hydrogen-bond acceptors (Lipinski definition) is 3. The Morgan fingerprint density at radius 3 is 2.88 bits per heavy atom. The second-order valence-corrected chi connectivity index (χ2v) is 5.49. The minimum Gasteiger partial charge on any atom is -0.294 e. The van der Waals surface area contributed by atoms with Gasteiger partial charge in [0.1, 0.15) is 0 Å². The molecule has 0 saturated carbocycles. The molecule has 0 fully saturated rings. The Morgan fingerprint density at radius 2 is 2.18 bits per heavy atom. The lowest BCUT2D eigenvalue weighted by atomic mass is 9.97. The van der Waals surface area contributed by atoms with Gasteiger partial charge >= 0.3 is 0 Å². The van der Waals surface area contributed by atoms with Gasteiger partial charge in [-0.3, -0.25) is 9.59 Å². The molecule has 0 aromatic heterocycles. The first-order chi connectivity index (χ1) is 8.13. The van der Waals surface area contributed by atoms with Crippen LogP contribution in [0.15, 0.2) is 17.0 Å². The van der Waals surface area contributed by atoms with E-state index in [1.807, 2.05) is 26.0 Å². The van der Waals surface area contributed by atoms with E-state index in [9.17, 15) is 9.59 Å². The standard InChI is InChI=1S/C14H16O2S/c1-3-4-12(15)10-8-14-11(7-9(10)2)13(16)5-6-17-14/h7-8H,3-6H2,1-2H3. The second kappa shape index (κ2) is 5.05.